The fraction of sp³-hybridized carbons (Fsp3) is 0.889. The Labute approximate surface area is 78.9 Å². The second kappa shape index (κ2) is 5.19. The van der Waals surface area contributed by atoms with Gasteiger partial charge >= 0.3 is 0 Å². The van der Waals surface area contributed by atoms with Crippen LogP contribution in [-0.2, 0) is 4.79 Å². The first-order valence-corrected chi connectivity index (χ1v) is 4.83. The molecule has 1 amide bonds. The summed E-state index contributed by atoms with van der Waals surface area (Å²) in [5.41, 5.74) is 0. The van der Waals surface area contributed by atoms with Crippen molar-refractivity contribution in [3.05, 3.63) is 0 Å². The van der Waals surface area contributed by atoms with Crippen molar-refractivity contribution >= 4 is 5.91 Å². The molecule has 0 radical (unpaired) electrons. The molecular formula is C9H18N2O2. The Balaban J connectivity index is 2.17. The number of hydrogen-bond donors (Lipinski definition) is 2. The highest BCUT2D eigenvalue weighted by molar-refractivity contribution is 5.75. The average Bonchev–Trinajstić information content (AvgIpc) is 2.14. The highest BCUT2D eigenvalue weighted by Gasteiger charge is 2.17. The number of β-amino-alcohol motifs (C(OH)–C–C–N with tert-alkyl or cyclic N) is 1. The lowest BCUT2D eigenvalue weighted by atomic mass is 10.1. The molecule has 4 heteroatoms. The minimum atomic E-state index is -0.196. The predicted molar refractivity (Wildman–Crippen MR) is 50.4 cm³/mol. The van der Waals surface area contributed by atoms with E-state index < -0.39 is 0 Å². The smallest absolute Gasteiger partial charge is 0.221 e. The number of rotatable bonds is 3. The summed E-state index contributed by atoms with van der Waals surface area (Å²) in [5, 5.41) is 11.9. The van der Waals surface area contributed by atoms with Gasteiger partial charge in [0.15, 0.2) is 0 Å². The van der Waals surface area contributed by atoms with Crippen molar-refractivity contribution in [1.29, 1.82) is 0 Å². The molecule has 2 N–H and O–H groups in total. The van der Waals surface area contributed by atoms with Crippen molar-refractivity contribution < 1.29 is 9.90 Å². The van der Waals surface area contributed by atoms with Crippen LogP contribution >= 0.6 is 0 Å². The third-order valence-corrected chi connectivity index (χ3v) is 2.41. The van der Waals surface area contributed by atoms with E-state index in [-0.39, 0.29) is 12.0 Å². The second-order valence-corrected chi connectivity index (χ2v) is 3.52. The number of carbonyl (C=O) groups is 1. The van der Waals surface area contributed by atoms with Crippen LogP contribution in [0.5, 0.6) is 0 Å². The molecule has 0 aromatic carbocycles. The Morgan fingerprint density at radius 2 is 2.46 bits per heavy atom. The monoisotopic (exact) mass is 186 g/mol. The number of amides is 1. The molecule has 1 rings (SSSR count). The number of carbonyl (C=O) groups excluding carboxylic acids is 1. The molecule has 1 aliphatic rings. The van der Waals surface area contributed by atoms with Crippen molar-refractivity contribution in [2.75, 3.05) is 26.7 Å². The molecule has 0 aliphatic carbocycles. The van der Waals surface area contributed by atoms with Gasteiger partial charge in [0.05, 0.1) is 6.10 Å². The van der Waals surface area contributed by atoms with Gasteiger partial charge in [-0.1, -0.05) is 0 Å². The van der Waals surface area contributed by atoms with E-state index in [9.17, 15) is 9.90 Å². The van der Waals surface area contributed by atoms with E-state index >= 15 is 0 Å². The number of nitrogens with zero attached hydrogens (tertiary/aromatic N) is 1. The van der Waals surface area contributed by atoms with Crippen LogP contribution in [-0.4, -0.2) is 48.7 Å². The van der Waals surface area contributed by atoms with E-state index in [0.717, 1.165) is 32.5 Å². The number of likely N-dealkylation sites (tertiary alicyclic amines) is 1. The lowest BCUT2D eigenvalue weighted by Crippen LogP contribution is -2.40. The molecule has 0 aromatic heterocycles. The molecule has 0 saturated carbocycles. The Hall–Kier alpha value is -0.610. The lowest BCUT2D eigenvalue weighted by molar-refractivity contribution is -0.121. The molecule has 13 heavy (non-hydrogen) atoms. The predicted octanol–water partition coefficient (Wildman–Crippen LogP) is -0.421. The van der Waals surface area contributed by atoms with Crippen LogP contribution in [0, 0.1) is 0 Å². The topological polar surface area (TPSA) is 52.6 Å². The summed E-state index contributed by atoms with van der Waals surface area (Å²) < 4.78 is 0. The van der Waals surface area contributed by atoms with E-state index in [0.29, 0.717) is 6.42 Å². The van der Waals surface area contributed by atoms with E-state index in [1.54, 1.807) is 7.05 Å². The molecule has 1 unspecified atom stereocenters. The van der Waals surface area contributed by atoms with Crippen LogP contribution in [0.25, 0.3) is 0 Å². The van der Waals surface area contributed by atoms with Gasteiger partial charge in [-0.2, -0.15) is 0 Å². The van der Waals surface area contributed by atoms with Gasteiger partial charge in [0.1, 0.15) is 0 Å². The van der Waals surface area contributed by atoms with Gasteiger partial charge in [-0.25, -0.2) is 0 Å². The molecule has 0 spiro atoms. The lowest BCUT2D eigenvalue weighted by Gasteiger charge is -2.29. The highest BCUT2D eigenvalue weighted by atomic mass is 16.3. The number of aliphatic hydroxyl groups excluding tert-OH is 1. The fourth-order valence-corrected chi connectivity index (χ4v) is 1.62. The third kappa shape index (κ3) is 3.74. The molecule has 0 bridgehead atoms. The van der Waals surface area contributed by atoms with Gasteiger partial charge in [-0.15, -0.1) is 0 Å². The molecule has 1 heterocycles. The second-order valence-electron chi connectivity index (χ2n) is 3.52. The minimum Gasteiger partial charge on any atom is -0.392 e. The molecule has 4 nitrogen and oxygen atoms in total. The van der Waals surface area contributed by atoms with E-state index in [2.05, 4.69) is 10.2 Å². The highest BCUT2D eigenvalue weighted by Crippen LogP contribution is 2.09. The quantitative estimate of drug-likeness (QED) is 0.629. The first kappa shape index (κ1) is 10.5. The number of aliphatic hydroxyl groups is 1. The zero-order valence-electron chi connectivity index (χ0n) is 8.12. The fourth-order valence-electron chi connectivity index (χ4n) is 1.62. The maximum absolute atomic E-state index is 10.9. The van der Waals surface area contributed by atoms with Crippen molar-refractivity contribution in [3.63, 3.8) is 0 Å². The molecular weight excluding hydrogens is 168 g/mol. The molecule has 76 valence electrons. The molecule has 1 aliphatic heterocycles. The summed E-state index contributed by atoms with van der Waals surface area (Å²) >= 11 is 0. The first-order valence-electron chi connectivity index (χ1n) is 4.83. The summed E-state index contributed by atoms with van der Waals surface area (Å²) in [6.07, 6.45) is 2.27. The van der Waals surface area contributed by atoms with E-state index in [4.69, 9.17) is 0 Å². The number of hydrogen-bond acceptors (Lipinski definition) is 3. The SMILES string of the molecule is CNC(=O)CCN1CCCC(O)C1. The van der Waals surface area contributed by atoms with Crippen LogP contribution in [0.3, 0.4) is 0 Å². The standard InChI is InChI=1S/C9H18N2O2/c1-10-9(13)4-6-11-5-2-3-8(12)7-11/h8,12H,2-7H2,1H3,(H,10,13). The van der Waals surface area contributed by atoms with Crippen LogP contribution in [0.2, 0.25) is 0 Å². The van der Waals surface area contributed by atoms with E-state index in [1.807, 2.05) is 0 Å². The summed E-state index contributed by atoms with van der Waals surface area (Å²) in [4.78, 5) is 13.1. The van der Waals surface area contributed by atoms with Gasteiger partial charge in [0.2, 0.25) is 5.91 Å². The number of piperidine rings is 1. The zero-order valence-corrected chi connectivity index (χ0v) is 8.12. The molecule has 0 aromatic rings. The van der Waals surface area contributed by atoms with Gasteiger partial charge in [-0.05, 0) is 19.4 Å². The Kier molecular flexibility index (Phi) is 4.18. The molecule has 1 atom stereocenters. The van der Waals surface area contributed by atoms with Crippen LogP contribution < -0.4 is 5.32 Å². The maximum Gasteiger partial charge on any atom is 0.221 e. The van der Waals surface area contributed by atoms with E-state index in [1.165, 1.54) is 0 Å². The van der Waals surface area contributed by atoms with Crippen molar-refractivity contribution in [2.24, 2.45) is 0 Å². The summed E-state index contributed by atoms with van der Waals surface area (Å²) in [6, 6.07) is 0. The van der Waals surface area contributed by atoms with Crippen LogP contribution in [0.1, 0.15) is 19.3 Å². The van der Waals surface area contributed by atoms with Crippen molar-refractivity contribution in [1.82, 2.24) is 10.2 Å². The summed E-state index contributed by atoms with van der Waals surface area (Å²) in [6.45, 7) is 2.49. The number of nitrogens with one attached hydrogen (secondary N) is 1. The Morgan fingerprint density at radius 1 is 1.69 bits per heavy atom. The largest absolute Gasteiger partial charge is 0.392 e. The average molecular weight is 186 g/mol. The van der Waals surface area contributed by atoms with Gasteiger partial charge < -0.3 is 15.3 Å². The summed E-state index contributed by atoms with van der Waals surface area (Å²) in [7, 11) is 1.65. The zero-order chi connectivity index (χ0) is 9.68. The van der Waals surface area contributed by atoms with Crippen molar-refractivity contribution in [3.8, 4) is 0 Å². The van der Waals surface area contributed by atoms with Crippen LogP contribution in [0.4, 0.5) is 0 Å². The normalized spacial score (nSPS) is 24.3. The Bertz CT molecular complexity index is 173. The van der Waals surface area contributed by atoms with Gasteiger partial charge in [0, 0.05) is 26.6 Å². The third-order valence-electron chi connectivity index (χ3n) is 2.41. The summed E-state index contributed by atoms with van der Waals surface area (Å²) in [5.74, 6) is 0.0695. The minimum absolute atomic E-state index is 0.0695. The van der Waals surface area contributed by atoms with Crippen LogP contribution in [0.15, 0.2) is 0 Å². The van der Waals surface area contributed by atoms with Gasteiger partial charge in [0.25, 0.3) is 0 Å². The Morgan fingerprint density at radius 3 is 3.08 bits per heavy atom. The molecule has 1 saturated heterocycles. The van der Waals surface area contributed by atoms with Gasteiger partial charge in [-0.3, -0.25) is 4.79 Å². The maximum atomic E-state index is 10.9. The first-order chi connectivity index (χ1) is 6.22. The molecule has 1 fully saturated rings. The van der Waals surface area contributed by atoms with Crippen molar-refractivity contribution in [2.45, 2.75) is 25.4 Å².